The van der Waals surface area contributed by atoms with Gasteiger partial charge in [0.25, 0.3) is 0 Å². The van der Waals surface area contributed by atoms with E-state index < -0.39 is 113 Å². The Morgan fingerprint density at radius 3 is 1.53 bits per heavy atom. The van der Waals surface area contributed by atoms with Gasteiger partial charge in [-0.15, -0.1) is 0 Å². The van der Waals surface area contributed by atoms with Gasteiger partial charge in [0.05, 0.1) is 13.2 Å². The molecule has 19 heteroatoms. The molecule has 9 N–H and O–H groups in total. The summed E-state index contributed by atoms with van der Waals surface area (Å²) in [5.41, 5.74) is 0. The molecule has 0 bridgehead atoms. The van der Waals surface area contributed by atoms with E-state index >= 15 is 0 Å². The molecule has 0 spiro atoms. The summed E-state index contributed by atoms with van der Waals surface area (Å²) >= 11 is 0. The zero-order valence-electron chi connectivity index (χ0n) is 42.3. The van der Waals surface area contributed by atoms with Gasteiger partial charge >= 0.3 is 19.8 Å². The maximum atomic E-state index is 13.4. The molecule has 0 aromatic carbocycles. The van der Waals surface area contributed by atoms with Gasteiger partial charge in [-0.2, -0.15) is 0 Å². The molecule has 2 fully saturated rings. The molecule has 2 aliphatic rings. The number of aliphatic hydroxyl groups is 8. The minimum absolute atomic E-state index is 0.0944. The van der Waals surface area contributed by atoms with Crippen LogP contribution in [0.15, 0.2) is 24.3 Å². The monoisotopic (exact) mass is 1020 g/mol. The van der Waals surface area contributed by atoms with Crippen LogP contribution in [0, 0.1) is 0 Å². The van der Waals surface area contributed by atoms with Crippen molar-refractivity contribution in [2.45, 2.75) is 267 Å². The maximum Gasteiger partial charge on any atom is 0.472 e. The van der Waals surface area contributed by atoms with Crippen LogP contribution >= 0.6 is 7.82 Å². The molecule has 0 aromatic heterocycles. The molecule has 2 rings (SSSR count). The van der Waals surface area contributed by atoms with E-state index in [-0.39, 0.29) is 6.42 Å². The van der Waals surface area contributed by atoms with Crippen LogP contribution in [-0.2, 0) is 42.1 Å². The van der Waals surface area contributed by atoms with Crippen molar-refractivity contribution >= 4 is 19.8 Å². The van der Waals surface area contributed by atoms with E-state index in [0.29, 0.717) is 6.42 Å². The fraction of sp³-hybridized carbons (Fsp3) is 0.882. The molecule has 13 unspecified atom stereocenters. The summed E-state index contributed by atoms with van der Waals surface area (Å²) in [5.74, 6) is -1.46. The first-order valence-electron chi connectivity index (χ1n) is 26.7. The molecular weight excluding hydrogens is 932 g/mol. The van der Waals surface area contributed by atoms with Gasteiger partial charge in [0.15, 0.2) is 12.4 Å². The van der Waals surface area contributed by atoms with Crippen molar-refractivity contribution in [3.8, 4) is 0 Å². The third-order valence-corrected chi connectivity index (χ3v) is 14.0. The topological polar surface area (TPSA) is 289 Å². The second-order valence-electron chi connectivity index (χ2n) is 19.1. The third-order valence-electron chi connectivity index (χ3n) is 13.0. The number of hydrogen-bond acceptors (Lipinski definition) is 17. The summed E-state index contributed by atoms with van der Waals surface area (Å²) in [6.45, 7) is 2.15. The van der Waals surface area contributed by atoms with Crippen LogP contribution in [-0.4, -0.2) is 151 Å². The summed E-state index contributed by atoms with van der Waals surface area (Å²) in [5, 5.41) is 83.0. The number of phosphoric ester groups is 1. The van der Waals surface area contributed by atoms with Crippen molar-refractivity contribution in [2.24, 2.45) is 0 Å². The molecule has 70 heavy (non-hydrogen) atoms. The first kappa shape index (κ1) is 64.2. The number of ether oxygens (including phenoxy) is 4. The van der Waals surface area contributed by atoms with E-state index in [1.54, 1.807) is 6.08 Å². The van der Waals surface area contributed by atoms with Crippen molar-refractivity contribution in [1.82, 2.24) is 0 Å². The Kier molecular flexibility index (Phi) is 35.5. The lowest BCUT2D eigenvalue weighted by molar-refractivity contribution is -0.338. The second kappa shape index (κ2) is 38.7. The predicted octanol–water partition coefficient (Wildman–Crippen LogP) is 6.66. The SMILES string of the molecule is CCCCCCCCCCCCCC=CC=CC(=O)OC(COC(=O)CCCCCCCCCCCCCCCCC)COP(=O)(O)OC1C(O)C(O)C(O)C(O)C1OC1OC(CO)C(O)C(O)C1O. The van der Waals surface area contributed by atoms with Crippen molar-refractivity contribution in [2.75, 3.05) is 19.8 Å². The summed E-state index contributed by atoms with van der Waals surface area (Å²) in [6.07, 6.45) is 14.6. The molecule has 1 aliphatic heterocycles. The third kappa shape index (κ3) is 26.9. The van der Waals surface area contributed by atoms with Gasteiger partial charge in [-0.25, -0.2) is 9.36 Å². The fourth-order valence-corrected chi connectivity index (χ4v) is 9.58. The highest BCUT2D eigenvalue weighted by Crippen LogP contribution is 2.48. The van der Waals surface area contributed by atoms with E-state index in [1.807, 2.05) is 6.08 Å². The summed E-state index contributed by atoms with van der Waals surface area (Å²) < 4.78 is 45.3. The number of phosphoric acid groups is 1. The summed E-state index contributed by atoms with van der Waals surface area (Å²) in [4.78, 5) is 36.5. The Bertz CT molecular complexity index is 1450. The Morgan fingerprint density at radius 2 is 1.03 bits per heavy atom. The zero-order chi connectivity index (χ0) is 51.6. The quantitative estimate of drug-likeness (QED) is 0.0102. The molecular formula is C51H93O18P. The first-order valence-corrected chi connectivity index (χ1v) is 28.2. The fourth-order valence-electron chi connectivity index (χ4n) is 8.61. The Morgan fingerprint density at radius 1 is 0.571 bits per heavy atom. The molecule has 1 aliphatic carbocycles. The van der Waals surface area contributed by atoms with E-state index in [0.717, 1.165) is 51.0 Å². The van der Waals surface area contributed by atoms with Crippen LogP contribution in [0.1, 0.15) is 194 Å². The van der Waals surface area contributed by atoms with Gasteiger partial charge in [0.1, 0.15) is 67.6 Å². The van der Waals surface area contributed by atoms with Crippen LogP contribution in [0.3, 0.4) is 0 Å². The Labute approximate surface area is 417 Å². The summed E-state index contributed by atoms with van der Waals surface area (Å²) in [7, 11) is -5.40. The smallest absolute Gasteiger partial charge is 0.462 e. The highest BCUT2D eigenvalue weighted by atomic mass is 31.2. The largest absolute Gasteiger partial charge is 0.472 e. The number of rotatable bonds is 41. The average Bonchev–Trinajstić information content (AvgIpc) is 3.34. The number of aliphatic hydroxyl groups excluding tert-OH is 8. The Hall–Kier alpha value is -1.87. The molecule has 13 atom stereocenters. The molecule has 0 aromatic rings. The lowest BCUT2D eigenvalue weighted by Gasteiger charge is -2.47. The molecule has 1 saturated heterocycles. The average molecular weight is 1030 g/mol. The highest BCUT2D eigenvalue weighted by Gasteiger charge is 2.55. The number of carbonyl (C=O) groups excluding carboxylic acids is 2. The number of unbranched alkanes of at least 4 members (excludes halogenated alkanes) is 25. The van der Waals surface area contributed by atoms with Crippen molar-refractivity contribution in [1.29, 1.82) is 0 Å². The number of hydrogen-bond donors (Lipinski definition) is 9. The minimum Gasteiger partial charge on any atom is -0.462 e. The van der Waals surface area contributed by atoms with Crippen molar-refractivity contribution in [3.05, 3.63) is 24.3 Å². The lowest BCUT2D eigenvalue weighted by Crippen LogP contribution is -2.67. The van der Waals surface area contributed by atoms with E-state index in [1.165, 1.54) is 128 Å². The first-order chi connectivity index (χ1) is 33.7. The summed E-state index contributed by atoms with van der Waals surface area (Å²) in [6, 6.07) is 0. The van der Waals surface area contributed by atoms with Crippen LogP contribution in [0.5, 0.6) is 0 Å². The Balaban J connectivity index is 1.95. The van der Waals surface area contributed by atoms with Gasteiger partial charge in [-0.3, -0.25) is 13.8 Å². The number of allylic oxidation sites excluding steroid dienone is 3. The normalized spacial score (nSPS) is 27.5. The molecule has 410 valence electrons. The lowest BCUT2D eigenvalue weighted by atomic mass is 9.84. The van der Waals surface area contributed by atoms with Crippen molar-refractivity contribution in [3.63, 3.8) is 0 Å². The maximum absolute atomic E-state index is 13.4. The number of carbonyl (C=O) groups is 2. The van der Waals surface area contributed by atoms with E-state index in [2.05, 4.69) is 13.8 Å². The van der Waals surface area contributed by atoms with Crippen molar-refractivity contribution < 1.29 is 87.9 Å². The standard InChI is InChI=1S/C51H93O18P/c1-3-5-7-9-11-13-15-17-19-21-23-25-27-29-31-33-40(53)64-36-38(66-41(54)34-32-30-28-26-24-22-20-18-16-14-12-10-8-6-4-2)37-65-70(62,63)69-50-47(60)45(58)44(57)46(59)49(50)68-51-48(61)43(56)42(55)39(35-52)67-51/h28,30,32,34,38-39,42-52,55-61H,3-27,29,31,33,35-37H2,1-2H3,(H,62,63). The molecule has 1 heterocycles. The van der Waals surface area contributed by atoms with E-state index in [9.17, 15) is 59.9 Å². The number of esters is 2. The molecule has 0 amide bonds. The van der Waals surface area contributed by atoms with Gasteiger partial charge in [0.2, 0.25) is 0 Å². The predicted molar refractivity (Wildman–Crippen MR) is 263 cm³/mol. The van der Waals surface area contributed by atoms with Crippen LogP contribution < -0.4 is 0 Å². The second-order valence-corrected chi connectivity index (χ2v) is 20.6. The molecule has 0 radical (unpaired) electrons. The zero-order valence-corrected chi connectivity index (χ0v) is 43.2. The highest BCUT2D eigenvalue weighted by molar-refractivity contribution is 7.47. The van der Waals surface area contributed by atoms with Gasteiger partial charge < -0.3 is 64.7 Å². The van der Waals surface area contributed by atoms with Crippen LogP contribution in [0.4, 0.5) is 0 Å². The van der Waals surface area contributed by atoms with Crippen LogP contribution in [0.25, 0.3) is 0 Å². The van der Waals surface area contributed by atoms with E-state index in [4.69, 9.17) is 28.0 Å². The van der Waals surface area contributed by atoms with Gasteiger partial charge in [-0.1, -0.05) is 186 Å². The molecule has 1 saturated carbocycles. The van der Waals surface area contributed by atoms with Gasteiger partial charge in [0, 0.05) is 12.5 Å². The minimum atomic E-state index is -5.40. The van der Waals surface area contributed by atoms with Gasteiger partial charge in [-0.05, 0) is 19.3 Å². The van der Waals surface area contributed by atoms with Crippen LogP contribution in [0.2, 0.25) is 0 Å². The molecule has 18 nitrogen and oxygen atoms in total.